The highest BCUT2D eigenvalue weighted by molar-refractivity contribution is 5.95. The quantitative estimate of drug-likeness (QED) is 0.506. The van der Waals surface area contributed by atoms with Crippen LogP contribution in [-0.2, 0) is 0 Å². The van der Waals surface area contributed by atoms with Gasteiger partial charge in [0.05, 0.1) is 0 Å². The van der Waals surface area contributed by atoms with Crippen LogP contribution < -0.4 is 0 Å². The van der Waals surface area contributed by atoms with Gasteiger partial charge in [-0.3, -0.25) is 0 Å². The standard InChI is InChI=1S/C28H36N2/c1-11-3-21-17-7-13-8-18(15(1)17)22(4-11)25(21)27(13)29-30-28-14-9-19-16-2-12-5-23(19)26(28)24(6-12)20(16)10-14/h11-26H,1-10H2/b29-27-,30-28-. The fourth-order valence-corrected chi connectivity index (χ4v) is 13.7. The molecule has 0 radical (unpaired) electrons. The zero-order chi connectivity index (χ0) is 18.9. The second-order valence-corrected chi connectivity index (χ2v) is 14.2. The van der Waals surface area contributed by atoms with Gasteiger partial charge in [-0.15, -0.1) is 0 Å². The predicted molar refractivity (Wildman–Crippen MR) is 117 cm³/mol. The first kappa shape index (κ1) is 16.0. The second-order valence-electron chi connectivity index (χ2n) is 14.2. The molecule has 0 aliphatic heterocycles. The van der Waals surface area contributed by atoms with Gasteiger partial charge in [0.2, 0.25) is 0 Å². The van der Waals surface area contributed by atoms with E-state index in [-0.39, 0.29) is 0 Å². The Morgan fingerprint density at radius 2 is 0.667 bits per heavy atom. The molecule has 2 nitrogen and oxygen atoms in total. The minimum atomic E-state index is 0.830. The maximum Gasteiger partial charge on any atom is 0.0473 e. The molecule has 14 rings (SSSR count). The number of hydrogen-bond acceptors (Lipinski definition) is 2. The summed E-state index contributed by atoms with van der Waals surface area (Å²) in [5.41, 5.74) is 3.29. The fraction of sp³-hybridized carbons (Fsp3) is 0.929. The molecular weight excluding hydrogens is 364 g/mol. The molecule has 0 spiro atoms. The van der Waals surface area contributed by atoms with Crippen molar-refractivity contribution in [3.05, 3.63) is 0 Å². The summed E-state index contributed by atoms with van der Waals surface area (Å²) in [6.45, 7) is 0. The number of rotatable bonds is 1. The second kappa shape index (κ2) is 4.96. The lowest BCUT2D eigenvalue weighted by molar-refractivity contribution is -0.157. The molecule has 0 amide bonds. The summed E-state index contributed by atoms with van der Waals surface area (Å²) in [5, 5.41) is 10.7. The van der Waals surface area contributed by atoms with Crippen molar-refractivity contribution in [1.82, 2.24) is 0 Å². The molecule has 2 heteroatoms. The van der Waals surface area contributed by atoms with Crippen LogP contribution in [0.3, 0.4) is 0 Å². The van der Waals surface area contributed by atoms with Gasteiger partial charge in [-0.05, 0) is 147 Å². The van der Waals surface area contributed by atoms with Gasteiger partial charge in [0.1, 0.15) is 0 Å². The van der Waals surface area contributed by atoms with Crippen molar-refractivity contribution < 1.29 is 0 Å². The van der Waals surface area contributed by atoms with Crippen LogP contribution in [0.5, 0.6) is 0 Å². The summed E-state index contributed by atoms with van der Waals surface area (Å²) in [6.07, 6.45) is 15.4. The summed E-state index contributed by atoms with van der Waals surface area (Å²) in [7, 11) is 0. The summed E-state index contributed by atoms with van der Waals surface area (Å²) in [4.78, 5) is 0. The van der Waals surface area contributed by atoms with Crippen molar-refractivity contribution in [2.24, 2.45) is 105 Å². The molecular formula is C28H36N2. The normalized spacial score (nSPS) is 71.5. The lowest BCUT2D eigenvalue weighted by Crippen LogP contribution is -2.66. The first-order valence-corrected chi connectivity index (χ1v) is 14.0. The third-order valence-corrected chi connectivity index (χ3v) is 13.9. The summed E-state index contributed by atoms with van der Waals surface area (Å²) in [6, 6.07) is 0. The largest absolute Gasteiger partial charge is 0.160 e. The number of nitrogens with zero attached hydrogens (tertiary/aromatic N) is 2. The van der Waals surface area contributed by atoms with Crippen molar-refractivity contribution in [3.8, 4) is 0 Å². The van der Waals surface area contributed by atoms with Crippen molar-refractivity contribution in [2.75, 3.05) is 0 Å². The van der Waals surface area contributed by atoms with Crippen molar-refractivity contribution in [2.45, 2.75) is 64.2 Å². The van der Waals surface area contributed by atoms with E-state index < -0.39 is 0 Å². The van der Waals surface area contributed by atoms with Gasteiger partial charge in [0.15, 0.2) is 0 Å². The summed E-state index contributed by atoms with van der Waals surface area (Å²) < 4.78 is 0. The van der Waals surface area contributed by atoms with Crippen molar-refractivity contribution in [3.63, 3.8) is 0 Å². The Balaban J connectivity index is 1.06. The van der Waals surface area contributed by atoms with Crippen LogP contribution in [-0.4, -0.2) is 11.4 Å². The topological polar surface area (TPSA) is 24.7 Å². The molecule has 14 fully saturated rings. The first-order valence-electron chi connectivity index (χ1n) is 14.0. The highest BCUT2D eigenvalue weighted by Gasteiger charge is 2.67. The van der Waals surface area contributed by atoms with Crippen molar-refractivity contribution in [1.29, 1.82) is 0 Å². The van der Waals surface area contributed by atoms with Crippen LogP contribution in [0.15, 0.2) is 10.2 Å². The van der Waals surface area contributed by atoms with E-state index in [0.717, 1.165) is 94.7 Å². The van der Waals surface area contributed by atoms with Crippen molar-refractivity contribution >= 4 is 11.4 Å². The van der Waals surface area contributed by atoms with E-state index in [1.807, 2.05) is 0 Å². The predicted octanol–water partition coefficient (Wildman–Crippen LogP) is 5.68. The van der Waals surface area contributed by atoms with Gasteiger partial charge in [-0.1, -0.05) is 0 Å². The Kier molecular flexibility index (Phi) is 2.65. The van der Waals surface area contributed by atoms with E-state index in [2.05, 4.69) is 0 Å². The summed E-state index contributed by atoms with van der Waals surface area (Å²) in [5.74, 6) is 16.3. The minimum absolute atomic E-state index is 0.830. The average Bonchev–Trinajstić information content (AvgIpc) is 2.78. The van der Waals surface area contributed by atoms with E-state index in [1.165, 1.54) is 25.7 Å². The Bertz CT molecular complexity index is 796. The highest BCUT2D eigenvalue weighted by atomic mass is 15.2. The lowest BCUT2D eigenvalue weighted by Gasteiger charge is -2.70. The third-order valence-electron chi connectivity index (χ3n) is 13.9. The zero-order valence-electron chi connectivity index (χ0n) is 18.2. The van der Waals surface area contributed by atoms with Crippen LogP contribution in [0.25, 0.3) is 0 Å². The minimum Gasteiger partial charge on any atom is -0.160 e. The molecule has 16 bridgehead atoms. The van der Waals surface area contributed by atoms with Gasteiger partial charge >= 0.3 is 0 Å². The van der Waals surface area contributed by atoms with E-state index in [4.69, 9.17) is 10.2 Å². The molecule has 8 unspecified atom stereocenters. The molecule has 14 saturated carbocycles. The van der Waals surface area contributed by atoms with Crippen LogP contribution in [0.1, 0.15) is 64.2 Å². The van der Waals surface area contributed by atoms with Gasteiger partial charge in [-0.2, -0.15) is 10.2 Å². The van der Waals surface area contributed by atoms with Gasteiger partial charge < -0.3 is 0 Å². The number of hydrogen-bond donors (Lipinski definition) is 0. The molecule has 14 aliphatic carbocycles. The average molecular weight is 401 g/mol. The molecule has 158 valence electrons. The molecule has 0 heterocycles. The maximum absolute atomic E-state index is 5.35. The molecule has 30 heavy (non-hydrogen) atoms. The Hall–Kier alpha value is -0.660. The molecule has 0 saturated heterocycles. The molecule has 0 aromatic rings. The van der Waals surface area contributed by atoms with E-state index in [9.17, 15) is 0 Å². The van der Waals surface area contributed by atoms with E-state index in [0.29, 0.717) is 0 Å². The van der Waals surface area contributed by atoms with Crippen LogP contribution in [0.2, 0.25) is 0 Å². The van der Waals surface area contributed by atoms with Gasteiger partial charge in [-0.25, -0.2) is 0 Å². The first-order chi connectivity index (χ1) is 14.8. The highest BCUT2D eigenvalue weighted by Crippen LogP contribution is 2.72. The van der Waals surface area contributed by atoms with Crippen LogP contribution >= 0.6 is 0 Å². The maximum atomic E-state index is 5.35. The SMILES string of the molecule is C1C2CC3C4CC5CC(C14)C(C2)C3/C5=N\N=C1\C2CC3C4CC5CC3C1C(C5)C4C2. The van der Waals surface area contributed by atoms with Crippen LogP contribution in [0, 0.1) is 94.7 Å². The molecule has 0 aromatic carbocycles. The van der Waals surface area contributed by atoms with Crippen LogP contribution in [0.4, 0.5) is 0 Å². The van der Waals surface area contributed by atoms with E-state index >= 15 is 0 Å². The molecule has 14 aliphatic rings. The summed E-state index contributed by atoms with van der Waals surface area (Å²) >= 11 is 0. The Morgan fingerprint density at radius 1 is 0.367 bits per heavy atom. The zero-order valence-corrected chi connectivity index (χ0v) is 18.2. The fourth-order valence-electron chi connectivity index (χ4n) is 13.7. The van der Waals surface area contributed by atoms with Gasteiger partial charge in [0.25, 0.3) is 0 Å². The monoisotopic (exact) mass is 400 g/mol. The van der Waals surface area contributed by atoms with E-state index in [1.54, 1.807) is 49.9 Å². The molecule has 0 aromatic heterocycles. The molecule has 0 N–H and O–H groups in total. The smallest absolute Gasteiger partial charge is 0.0473 e. The van der Waals surface area contributed by atoms with Gasteiger partial charge in [0, 0.05) is 23.3 Å². The Morgan fingerprint density at radius 3 is 1.03 bits per heavy atom. The Labute approximate surface area is 180 Å². The molecule has 8 atom stereocenters. The lowest BCUT2D eigenvalue weighted by atomic mass is 9.35. The third kappa shape index (κ3) is 1.62.